The van der Waals surface area contributed by atoms with Crippen LogP contribution in [0, 0.1) is 12.7 Å². The van der Waals surface area contributed by atoms with E-state index in [0.717, 1.165) is 11.3 Å². The minimum atomic E-state index is -0.270. The summed E-state index contributed by atoms with van der Waals surface area (Å²) in [6.45, 7) is 6.68. The van der Waals surface area contributed by atoms with Crippen molar-refractivity contribution in [1.82, 2.24) is 4.90 Å². The SMILES string of the molecule is CCN(C(=O)CCN(CCc1ccccc1F)C(C)=O)c1cccc(C)c1. The minimum absolute atomic E-state index is 0.0276. The lowest BCUT2D eigenvalue weighted by Gasteiger charge is -2.25. The normalized spacial score (nSPS) is 10.5. The molecule has 0 radical (unpaired) electrons. The van der Waals surface area contributed by atoms with Crippen molar-refractivity contribution in [3.05, 3.63) is 65.5 Å². The molecule has 0 spiro atoms. The molecule has 0 saturated heterocycles. The highest BCUT2D eigenvalue weighted by molar-refractivity contribution is 5.93. The molecular weight excluding hydrogens is 343 g/mol. The maximum Gasteiger partial charge on any atom is 0.228 e. The van der Waals surface area contributed by atoms with Gasteiger partial charge in [-0.1, -0.05) is 30.3 Å². The van der Waals surface area contributed by atoms with Crippen molar-refractivity contribution in [3.8, 4) is 0 Å². The lowest BCUT2D eigenvalue weighted by Crippen LogP contribution is -2.37. The van der Waals surface area contributed by atoms with Crippen molar-refractivity contribution in [3.63, 3.8) is 0 Å². The van der Waals surface area contributed by atoms with Gasteiger partial charge in [0.25, 0.3) is 0 Å². The zero-order valence-corrected chi connectivity index (χ0v) is 16.2. The van der Waals surface area contributed by atoms with Gasteiger partial charge in [0, 0.05) is 38.7 Å². The second kappa shape index (κ2) is 9.86. The maximum absolute atomic E-state index is 13.8. The summed E-state index contributed by atoms with van der Waals surface area (Å²) in [5, 5.41) is 0. The number of hydrogen-bond donors (Lipinski definition) is 0. The molecule has 0 unspecified atom stereocenters. The fourth-order valence-electron chi connectivity index (χ4n) is 3.05. The lowest BCUT2D eigenvalue weighted by molar-refractivity contribution is -0.129. The third-order valence-corrected chi connectivity index (χ3v) is 4.58. The van der Waals surface area contributed by atoms with Crippen molar-refractivity contribution in [2.75, 3.05) is 24.5 Å². The van der Waals surface area contributed by atoms with Gasteiger partial charge in [-0.3, -0.25) is 9.59 Å². The predicted octanol–water partition coefficient (Wildman–Crippen LogP) is 3.97. The van der Waals surface area contributed by atoms with E-state index in [-0.39, 0.29) is 24.1 Å². The van der Waals surface area contributed by atoms with Crippen LogP contribution in [0.3, 0.4) is 0 Å². The standard InChI is InChI=1S/C22H27FN2O2/c1-4-25(20-10-7-8-17(2)16-20)22(27)13-15-24(18(3)26)14-12-19-9-5-6-11-21(19)23/h5-11,16H,4,12-15H2,1-3H3. The van der Waals surface area contributed by atoms with Gasteiger partial charge in [0.15, 0.2) is 0 Å². The van der Waals surface area contributed by atoms with E-state index in [1.165, 1.54) is 13.0 Å². The summed E-state index contributed by atoms with van der Waals surface area (Å²) in [5.41, 5.74) is 2.53. The molecule has 5 heteroatoms. The van der Waals surface area contributed by atoms with Gasteiger partial charge < -0.3 is 9.80 Å². The summed E-state index contributed by atoms with van der Waals surface area (Å²) < 4.78 is 13.8. The molecule has 2 amide bonds. The molecule has 2 aromatic rings. The molecule has 144 valence electrons. The molecule has 0 aliphatic rings. The van der Waals surface area contributed by atoms with Gasteiger partial charge in [-0.2, -0.15) is 0 Å². The van der Waals surface area contributed by atoms with Crippen LogP contribution in [0.4, 0.5) is 10.1 Å². The van der Waals surface area contributed by atoms with Crippen LogP contribution in [0.15, 0.2) is 48.5 Å². The van der Waals surface area contributed by atoms with Crippen LogP contribution >= 0.6 is 0 Å². The molecule has 0 saturated carbocycles. The molecule has 0 N–H and O–H groups in total. The Hall–Kier alpha value is -2.69. The van der Waals surface area contributed by atoms with E-state index in [4.69, 9.17) is 0 Å². The third kappa shape index (κ3) is 5.91. The summed E-state index contributed by atoms with van der Waals surface area (Å²) in [7, 11) is 0. The molecule has 4 nitrogen and oxygen atoms in total. The summed E-state index contributed by atoms with van der Waals surface area (Å²) in [4.78, 5) is 27.9. The molecule has 0 fully saturated rings. The predicted molar refractivity (Wildman–Crippen MR) is 106 cm³/mol. The fraction of sp³-hybridized carbons (Fsp3) is 0.364. The Bertz CT molecular complexity index is 791. The van der Waals surface area contributed by atoms with Gasteiger partial charge in [0.2, 0.25) is 11.8 Å². The van der Waals surface area contributed by atoms with E-state index in [1.807, 2.05) is 38.1 Å². The monoisotopic (exact) mass is 370 g/mol. The van der Waals surface area contributed by atoms with Gasteiger partial charge in [0.1, 0.15) is 5.82 Å². The number of rotatable bonds is 8. The second-order valence-corrected chi connectivity index (χ2v) is 6.57. The number of carbonyl (C=O) groups is 2. The van der Waals surface area contributed by atoms with Gasteiger partial charge in [0.05, 0.1) is 0 Å². The van der Waals surface area contributed by atoms with Gasteiger partial charge >= 0.3 is 0 Å². The number of nitrogens with zero attached hydrogens (tertiary/aromatic N) is 2. The van der Waals surface area contributed by atoms with E-state index >= 15 is 0 Å². The first-order valence-corrected chi connectivity index (χ1v) is 9.28. The molecule has 0 heterocycles. The van der Waals surface area contributed by atoms with E-state index in [1.54, 1.807) is 28.0 Å². The van der Waals surface area contributed by atoms with E-state index in [2.05, 4.69) is 0 Å². The first-order chi connectivity index (χ1) is 12.9. The molecule has 2 rings (SSSR count). The molecular formula is C22H27FN2O2. The molecule has 0 aliphatic heterocycles. The molecule has 0 aliphatic carbocycles. The van der Waals surface area contributed by atoms with Crippen LogP contribution in [0.25, 0.3) is 0 Å². The van der Waals surface area contributed by atoms with Gasteiger partial charge in [-0.05, 0) is 49.6 Å². The summed E-state index contributed by atoms with van der Waals surface area (Å²) in [5.74, 6) is -0.410. The zero-order chi connectivity index (χ0) is 19.8. The lowest BCUT2D eigenvalue weighted by atomic mass is 10.1. The summed E-state index contributed by atoms with van der Waals surface area (Å²) >= 11 is 0. The van der Waals surface area contributed by atoms with Crippen LogP contribution in [-0.4, -0.2) is 36.3 Å². The Kier molecular flexibility index (Phi) is 7.53. The molecule has 0 atom stereocenters. The number of halogens is 1. The summed E-state index contributed by atoms with van der Waals surface area (Å²) in [6, 6.07) is 14.4. The Morgan fingerprint density at radius 3 is 2.41 bits per heavy atom. The number of amides is 2. The third-order valence-electron chi connectivity index (χ3n) is 4.58. The first kappa shape index (κ1) is 20.6. The van der Waals surface area contributed by atoms with Crippen molar-refractivity contribution in [2.24, 2.45) is 0 Å². The van der Waals surface area contributed by atoms with Crippen LogP contribution in [-0.2, 0) is 16.0 Å². The Labute approximate surface area is 160 Å². The number of aryl methyl sites for hydroxylation is 1. The number of carbonyl (C=O) groups excluding carboxylic acids is 2. The zero-order valence-electron chi connectivity index (χ0n) is 16.2. The Morgan fingerprint density at radius 2 is 1.78 bits per heavy atom. The van der Waals surface area contributed by atoms with Crippen molar-refractivity contribution >= 4 is 17.5 Å². The van der Waals surface area contributed by atoms with Gasteiger partial charge in [-0.15, -0.1) is 0 Å². The van der Waals surface area contributed by atoms with Crippen molar-refractivity contribution < 1.29 is 14.0 Å². The van der Waals surface area contributed by atoms with Crippen LogP contribution in [0.2, 0.25) is 0 Å². The first-order valence-electron chi connectivity index (χ1n) is 9.28. The van der Waals surface area contributed by atoms with E-state index in [0.29, 0.717) is 31.6 Å². The molecule has 2 aromatic carbocycles. The van der Waals surface area contributed by atoms with E-state index in [9.17, 15) is 14.0 Å². The quantitative estimate of drug-likeness (QED) is 0.705. The fourth-order valence-corrected chi connectivity index (χ4v) is 3.05. The molecule has 27 heavy (non-hydrogen) atoms. The summed E-state index contributed by atoms with van der Waals surface area (Å²) in [6.07, 6.45) is 0.661. The molecule has 0 aromatic heterocycles. The Balaban J connectivity index is 1.97. The van der Waals surface area contributed by atoms with Gasteiger partial charge in [-0.25, -0.2) is 4.39 Å². The topological polar surface area (TPSA) is 40.6 Å². The van der Waals surface area contributed by atoms with Crippen LogP contribution < -0.4 is 4.90 Å². The number of hydrogen-bond acceptors (Lipinski definition) is 2. The maximum atomic E-state index is 13.8. The average molecular weight is 370 g/mol. The average Bonchev–Trinajstić information content (AvgIpc) is 2.63. The van der Waals surface area contributed by atoms with Crippen molar-refractivity contribution in [1.29, 1.82) is 0 Å². The Morgan fingerprint density at radius 1 is 1.04 bits per heavy atom. The van der Waals surface area contributed by atoms with E-state index < -0.39 is 0 Å². The van der Waals surface area contributed by atoms with Crippen LogP contribution in [0.5, 0.6) is 0 Å². The molecule has 0 bridgehead atoms. The van der Waals surface area contributed by atoms with Crippen LogP contribution in [0.1, 0.15) is 31.4 Å². The highest BCUT2D eigenvalue weighted by atomic mass is 19.1. The minimum Gasteiger partial charge on any atom is -0.342 e. The number of benzene rings is 2. The smallest absolute Gasteiger partial charge is 0.228 e. The van der Waals surface area contributed by atoms with Crippen molar-refractivity contribution in [2.45, 2.75) is 33.6 Å². The second-order valence-electron chi connectivity index (χ2n) is 6.57. The largest absolute Gasteiger partial charge is 0.342 e. The highest BCUT2D eigenvalue weighted by Crippen LogP contribution is 2.17. The highest BCUT2D eigenvalue weighted by Gasteiger charge is 2.17. The number of anilines is 1.